The van der Waals surface area contributed by atoms with Gasteiger partial charge in [0.05, 0.1) is 18.0 Å². The molecule has 0 aliphatic carbocycles. The van der Waals surface area contributed by atoms with Gasteiger partial charge in [-0.2, -0.15) is 0 Å². The van der Waals surface area contributed by atoms with Crippen LogP contribution >= 0.6 is 0 Å². The standard InChI is InChI=1S/C13H16N2O3S/c1-3-19(16,17)14-9-12-10(2)18-13(15-12)11-7-5-4-6-8-11/h4-8,14H,3,9H2,1-2H3. The van der Waals surface area contributed by atoms with Gasteiger partial charge in [0.15, 0.2) is 0 Å². The fraction of sp³-hybridized carbons (Fsp3) is 0.308. The van der Waals surface area contributed by atoms with Crippen molar-refractivity contribution in [3.8, 4) is 11.5 Å². The number of benzene rings is 1. The van der Waals surface area contributed by atoms with E-state index in [1.807, 2.05) is 30.3 Å². The summed E-state index contributed by atoms with van der Waals surface area (Å²) in [6.45, 7) is 3.51. The normalized spacial score (nSPS) is 11.7. The lowest BCUT2D eigenvalue weighted by Crippen LogP contribution is -2.25. The maximum absolute atomic E-state index is 11.4. The molecule has 2 rings (SSSR count). The quantitative estimate of drug-likeness (QED) is 0.910. The van der Waals surface area contributed by atoms with E-state index < -0.39 is 10.0 Å². The van der Waals surface area contributed by atoms with Gasteiger partial charge in [0.1, 0.15) is 5.76 Å². The highest BCUT2D eigenvalue weighted by molar-refractivity contribution is 7.89. The van der Waals surface area contributed by atoms with Crippen LogP contribution in [0.25, 0.3) is 11.5 Å². The van der Waals surface area contributed by atoms with Gasteiger partial charge < -0.3 is 4.42 Å². The van der Waals surface area contributed by atoms with E-state index in [1.165, 1.54) is 0 Å². The molecule has 6 heteroatoms. The Bertz CT molecular complexity index is 648. The number of rotatable bonds is 5. The first kappa shape index (κ1) is 13.8. The molecule has 19 heavy (non-hydrogen) atoms. The van der Waals surface area contributed by atoms with Crippen molar-refractivity contribution in [1.29, 1.82) is 0 Å². The Morgan fingerprint density at radius 2 is 1.95 bits per heavy atom. The zero-order valence-corrected chi connectivity index (χ0v) is 11.7. The molecule has 0 aliphatic rings. The molecule has 0 fully saturated rings. The van der Waals surface area contributed by atoms with Gasteiger partial charge in [-0.05, 0) is 26.0 Å². The second-order valence-corrected chi connectivity index (χ2v) is 6.21. The van der Waals surface area contributed by atoms with Crippen molar-refractivity contribution < 1.29 is 12.8 Å². The van der Waals surface area contributed by atoms with E-state index >= 15 is 0 Å². The van der Waals surface area contributed by atoms with Gasteiger partial charge >= 0.3 is 0 Å². The van der Waals surface area contributed by atoms with Gasteiger partial charge in [0.25, 0.3) is 0 Å². The molecule has 0 atom stereocenters. The Labute approximate surface area is 112 Å². The Kier molecular flexibility index (Phi) is 4.01. The van der Waals surface area contributed by atoms with Crippen LogP contribution in [0.2, 0.25) is 0 Å². The number of sulfonamides is 1. The maximum Gasteiger partial charge on any atom is 0.226 e. The van der Waals surface area contributed by atoms with Gasteiger partial charge in [-0.1, -0.05) is 18.2 Å². The molecular formula is C13H16N2O3S. The van der Waals surface area contributed by atoms with Gasteiger partial charge in [-0.15, -0.1) is 0 Å². The molecule has 1 aromatic heterocycles. The number of nitrogens with zero attached hydrogens (tertiary/aromatic N) is 1. The maximum atomic E-state index is 11.4. The summed E-state index contributed by atoms with van der Waals surface area (Å²) >= 11 is 0. The summed E-state index contributed by atoms with van der Waals surface area (Å²) in [6.07, 6.45) is 0. The number of oxazole rings is 1. The highest BCUT2D eigenvalue weighted by atomic mass is 32.2. The molecule has 1 heterocycles. The van der Waals surface area contributed by atoms with Crippen molar-refractivity contribution >= 4 is 10.0 Å². The molecule has 2 aromatic rings. The van der Waals surface area contributed by atoms with Crippen LogP contribution in [0.5, 0.6) is 0 Å². The fourth-order valence-corrected chi connectivity index (χ4v) is 2.14. The van der Waals surface area contributed by atoms with E-state index in [0.29, 0.717) is 17.3 Å². The molecule has 0 unspecified atom stereocenters. The number of nitrogens with one attached hydrogen (secondary N) is 1. The van der Waals surface area contributed by atoms with Crippen molar-refractivity contribution in [3.05, 3.63) is 41.8 Å². The lowest BCUT2D eigenvalue weighted by atomic mass is 10.2. The minimum absolute atomic E-state index is 0.0510. The molecule has 0 amide bonds. The summed E-state index contributed by atoms with van der Waals surface area (Å²) < 4.78 is 30.8. The van der Waals surface area contributed by atoms with Crippen LogP contribution in [-0.4, -0.2) is 19.2 Å². The molecule has 5 nitrogen and oxygen atoms in total. The predicted octanol–water partition coefficient (Wildman–Crippen LogP) is 2.09. The van der Waals surface area contributed by atoms with Crippen LogP contribution in [0.4, 0.5) is 0 Å². The number of aromatic nitrogens is 1. The first-order valence-electron chi connectivity index (χ1n) is 6.01. The van der Waals surface area contributed by atoms with Crippen LogP contribution in [0.3, 0.4) is 0 Å². The van der Waals surface area contributed by atoms with Crippen molar-refractivity contribution in [2.45, 2.75) is 20.4 Å². The Morgan fingerprint density at radius 1 is 1.26 bits per heavy atom. The van der Waals surface area contributed by atoms with E-state index in [1.54, 1.807) is 13.8 Å². The summed E-state index contributed by atoms with van der Waals surface area (Å²) in [5, 5.41) is 0. The van der Waals surface area contributed by atoms with E-state index in [0.717, 1.165) is 5.56 Å². The summed E-state index contributed by atoms with van der Waals surface area (Å²) in [4.78, 5) is 4.32. The van der Waals surface area contributed by atoms with Crippen molar-refractivity contribution in [3.63, 3.8) is 0 Å². The molecule has 1 aromatic carbocycles. The average molecular weight is 280 g/mol. The Morgan fingerprint density at radius 3 is 2.58 bits per heavy atom. The third-order valence-electron chi connectivity index (χ3n) is 2.75. The van der Waals surface area contributed by atoms with E-state index in [9.17, 15) is 8.42 Å². The molecule has 1 N–H and O–H groups in total. The summed E-state index contributed by atoms with van der Waals surface area (Å²) in [5.74, 6) is 1.18. The molecular weight excluding hydrogens is 264 g/mol. The van der Waals surface area contributed by atoms with Gasteiger partial charge in [-0.3, -0.25) is 0 Å². The summed E-state index contributed by atoms with van der Waals surface area (Å²) in [6, 6.07) is 9.49. The zero-order valence-electron chi connectivity index (χ0n) is 10.9. The molecule has 0 spiro atoms. The third kappa shape index (κ3) is 3.42. The lowest BCUT2D eigenvalue weighted by molar-refractivity contribution is 0.538. The van der Waals surface area contributed by atoms with Crippen LogP contribution < -0.4 is 4.72 Å². The highest BCUT2D eigenvalue weighted by Gasteiger charge is 2.13. The first-order valence-corrected chi connectivity index (χ1v) is 7.66. The van der Waals surface area contributed by atoms with Gasteiger partial charge in [0.2, 0.25) is 15.9 Å². The van der Waals surface area contributed by atoms with E-state index in [-0.39, 0.29) is 12.3 Å². The first-order chi connectivity index (χ1) is 9.02. The second kappa shape index (κ2) is 5.54. The van der Waals surface area contributed by atoms with Crippen molar-refractivity contribution in [2.75, 3.05) is 5.75 Å². The van der Waals surface area contributed by atoms with Crippen molar-refractivity contribution in [2.24, 2.45) is 0 Å². The molecule has 0 aliphatic heterocycles. The van der Waals surface area contributed by atoms with Crippen LogP contribution in [-0.2, 0) is 16.6 Å². The lowest BCUT2D eigenvalue weighted by Gasteiger charge is -2.01. The smallest absolute Gasteiger partial charge is 0.226 e. The van der Waals surface area contributed by atoms with Gasteiger partial charge in [-0.25, -0.2) is 18.1 Å². The Hall–Kier alpha value is -1.66. The van der Waals surface area contributed by atoms with Crippen molar-refractivity contribution in [1.82, 2.24) is 9.71 Å². The number of hydrogen-bond acceptors (Lipinski definition) is 4. The van der Waals surface area contributed by atoms with Gasteiger partial charge in [0, 0.05) is 5.56 Å². The zero-order chi connectivity index (χ0) is 13.9. The Balaban J connectivity index is 2.18. The second-order valence-electron chi connectivity index (χ2n) is 4.11. The molecule has 0 saturated carbocycles. The van der Waals surface area contributed by atoms with Crippen LogP contribution in [0, 0.1) is 6.92 Å². The SMILES string of the molecule is CCS(=O)(=O)NCc1nc(-c2ccccc2)oc1C. The summed E-state index contributed by atoms with van der Waals surface area (Å²) in [5.41, 5.74) is 1.48. The topological polar surface area (TPSA) is 72.2 Å². The largest absolute Gasteiger partial charge is 0.441 e. The van der Waals surface area contributed by atoms with Crippen LogP contribution in [0.15, 0.2) is 34.7 Å². The third-order valence-corrected chi connectivity index (χ3v) is 4.10. The minimum atomic E-state index is -3.22. The molecule has 0 bridgehead atoms. The number of aryl methyl sites for hydroxylation is 1. The fourth-order valence-electron chi connectivity index (χ4n) is 1.58. The monoisotopic (exact) mass is 280 g/mol. The summed E-state index contributed by atoms with van der Waals surface area (Å²) in [7, 11) is -3.22. The van der Waals surface area contributed by atoms with E-state index in [2.05, 4.69) is 9.71 Å². The average Bonchev–Trinajstić information content (AvgIpc) is 2.79. The predicted molar refractivity (Wildman–Crippen MR) is 73.0 cm³/mol. The molecule has 0 saturated heterocycles. The highest BCUT2D eigenvalue weighted by Crippen LogP contribution is 2.21. The van der Waals surface area contributed by atoms with E-state index in [4.69, 9.17) is 4.42 Å². The molecule has 0 radical (unpaired) electrons. The number of hydrogen-bond donors (Lipinski definition) is 1. The van der Waals surface area contributed by atoms with Crippen LogP contribution in [0.1, 0.15) is 18.4 Å². The minimum Gasteiger partial charge on any atom is -0.441 e. The molecule has 102 valence electrons.